The summed E-state index contributed by atoms with van der Waals surface area (Å²) in [5.41, 5.74) is -0.343. The zero-order valence-electron chi connectivity index (χ0n) is 10.1. The molecule has 0 aliphatic rings. The van der Waals surface area contributed by atoms with Gasteiger partial charge in [0.05, 0.1) is 16.9 Å². The Balaban J connectivity index is 2.56. The molecule has 2 rings (SSSR count). The molecule has 0 aliphatic carbocycles. The van der Waals surface area contributed by atoms with Crippen molar-refractivity contribution in [1.82, 2.24) is 9.36 Å². The summed E-state index contributed by atoms with van der Waals surface area (Å²) in [6.45, 7) is 1.66. The van der Waals surface area contributed by atoms with Crippen molar-refractivity contribution in [2.45, 2.75) is 13.1 Å². The molecule has 1 heterocycles. The summed E-state index contributed by atoms with van der Waals surface area (Å²) >= 11 is 5.82. The molecule has 0 atom stereocenters. The Bertz CT molecular complexity index is 668. The van der Waals surface area contributed by atoms with Crippen LogP contribution in [-0.4, -0.2) is 9.36 Å². The maximum absolute atomic E-state index is 12.5. The van der Waals surface area contributed by atoms with Crippen LogP contribution in [0.5, 0.6) is 0 Å². The van der Waals surface area contributed by atoms with Crippen molar-refractivity contribution >= 4 is 11.6 Å². The smallest absolute Gasteiger partial charge is 0.284 e. The molecule has 0 radical (unpaired) electrons. The minimum absolute atomic E-state index is 0.0578. The average molecular weight is 291 g/mol. The molecular formula is C12H10ClF3N2O. The molecule has 0 bridgehead atoms. The molecule has 0 saturated heterocycles. The van der Waals surface area contributed by atoms with E-state index in [2.05, 4.69) is 0 Å². The van der Waals surface area contributed by atoms with Gasteiger partial charge in [-0.2, -0.15) is 13.2 Å². The van der Waals surface area contributed by atoms with Gasteiger partial charge in [-0.25, -0.2) is 4.68 Å². The molecule has 1 aromatic heterocycles. The van der Waals surface area contributed by atoms with Crippen molar-refractivity contribution in [3.8, 4) is 5.69 Å². The Hall–Kier alpha value is -1.69. The fourth-order valence-corrected chi connectivity index (χ4v) is 1.96. The quantitative estimate of drug-likeness (QED) is 0.792. The first-order chi connectivity index (χ1) is 8.73. The Morgan fingerprint density at radius 3 is 2.05 bits per heavy atom. The number of nitrogens with zero attached hydrogens (tertiary/aromatic N) is 2. The summed E-state index contributed by atoms with van der Waals surface area (Å²) in [6, 6.07) is 4.33. The first-order valence-corrected chi connectivity index (χ1v) is 5.73. The van der Waals surface area contributed by atoms with E-state index >= 15 is 0 Å². The third-order valence-electron chi connectivity index (χ3n) is 2.92. The summed E-state index contributed by atoms with van der Waals surface area (Å²) in [5.74, 6) is 0. The SMILES string of the molecule is Cc1c(Cl)c(=O)n(-c2ccc(C(F)(F)F)cc2)n1C. The molecule has 3 nitrogen and oxygen atoms in total. The highest BCUT2D eigenvalue weighted by Gasteiger charge is 2.30. The molecule has 0 saturated carbocycles. The van der Waals surface area contributed by atoms with Crippen molar-refractivity contribution in [1.29, 1.82) is 0 Å². The second kappa shape index (κ2) is 4.45. The standard InChI is InChI=1S/C12H10ClF3N2O/c1-7-10(13)11(19)18(17(7)2)9-5-3-8(4-6-9)12(14,15)16/h3-6H,1-2H3. The monoisotopic (exact) mass is 290 g/mol. The molecule has 102 valence electrons. The molecule has 0 spiro atoms. The van der Waals surface area contributed by atoms with Crippen molar-refractivity contribution in [2.75, 3.05) is 0 Å². The zero-order valence-corrected chi connectivity index (χ0v) is 10.9. The van der Waals surface area contributed by atoms with E-state index in [1.54, 1.807) is 14.0 Å². The Kier molecular flexibility index (Phi) is 3.22. The van der Waals surface area contributed by atoms with E-state index in [0.29, 0.717) is 11.4 Å². The predicted octanol–water partition coefficient (Wildman–Crippen LogP) is 3.16. The van der Waals surface area contributed by atoms with E-state index in [1.165, 1.54) is 21.5 Å². The highest BCUT2D eigenvalue weighted by atomic mass is 35.5. The zero-order chi connectivity index (χ0) is 14.4. The lowest BCUT2D eigenvalue weighted by atomic mass is 10.2. The van der Waals surface area contributed by atoms with Crippen molar-refractivity contribution in [3.63, 3.8) is 0 Å². The van der Waals surface area contributed by atoms with Crippen LogP contribution < -0.4 is 5.56 Å². The minimum atomic E-state index is -4.40. The second-order valence-corrected chi connectivity index (χ2v) is 4.46. The molecular weight excluding hydrogens is 281 g/mol. The molecule has 2 aromatic rings. The molecule has 0 unspecified atom stereocenters. The Morgan fingerprint density at radius 1 is 1.16 bits per heavy atom. The van der Waals surface area contributed by atoms with Crippen molar-refractivity contribution in [2.24, 2.45) is 7.05 Å². The fourth-order valence-electron chi connectivity index (χ4n) is 1.76. The van der Waals surface area contributed by atoms with Gasteiger partial charge in [-0.15, -0.1) is 0 Å². The number of aromatic nitrogens is 2. The van der Waals surface area contributed by atoms with Crippen molar-refractivity contribution < 1.29 is 13.2 Å². The normalized spacial score (nSPS) is 11.9. The van der Waals surface area contributed by atoms with E-state index in [4.69, 9.17) is 11.6 Å². The number of benzene rings is 1. The van der Waals surface area contributed by atoms with Gasteiger partial charge in [0.1, 0.15) is 5.02 Å². The number of alkyl halides is 3. The summed E-state index contributed by atoms with van der Waals surface area (Å²) in [7, 11) is 1.61. The van der Waals surface area contributed by atoms with E-state index in [9.17, 15) is 18.0 Å². The number of halogens is 4. The van der Waals surface area contributed by atoms with Crippen LogP contribution in [0.15, 0.2) is 29.1 Å². The van der Waals surface area contributed by atoms with Gasteiger partial charge in [-0.1, -0.05) is 11.6 Å². The lowest BCUT2D eigenvalue weighted by molar-refractivity contribution is -0.137. The van der Waals surface area contributed by atoms with E-state index in [0.717, 1.165) is 12.1 Å². The largest absolute Gasteiger partial charge is 0.416 e. The van der Waals surface area contributed by atoms with Crippen LogP contribution >= 0.6 is 11.6 Å². The van der Waals surface area contributed by atoms with Gasteiger partial charge in [0, 0.05) is 7.05 Å². The predicted molar refractivity (Wildman–Crippen MR) is 65.8 cm³/mol. The topological polar surface area (TPSA) is 26.9 Å². The second-order valence-electron chi connectivity index (χ2n) is 4.08. The van der Waals surface area contributed by atoms with Crippen molar-refractivity contribution in [3.05, 3.63) is 50.9 Å². The van der Waals surface area contributed by atoms with Crippen LogP contribution in [-0.2, 0) is 13.2 Å². The molecule has 1 aromatic carbocycles. The van der Waals surface area contributed by atoms with Gasteiger partial charge in [0.2, 0.25) is 0 Å². The highest BCUT2D eigenvalue weighted by Crippen LogP contribution is 2.29. The molecule has 0 amide bonds. The van der Waals surface area contributed by atoms with E-state index in [-0.39, 0.29) is 5.02 Å². The Morgan fingerprint density at radius 2 is 1.68 bits per heavy atom. The van der Waals surface area contributed by atoms with Gasteiger partial charge < -0.3 is 0 Å². The number of hydrogen-bond donors (Lipinski definition) is 0. The van der Waals surface area contributed by atoms with Gasteiger partial charge in [-0.3, -0.25) is 9.48 Å². The number of hydrogen-bond acceptors (Lipinski definition) is 1. The molecule has 0 aliphatic heterocycles. The van der Waals surface area contributed by atoms with E-state index in [1.807, 2.05) is 0 Å². The average Bonchev–Trinajstić information content (AvgIpc) is 2.53. The molecule has 0 fully saturated rings. The van der Waals surface area contributed by atoms with Gasteiger partial charge >= 0.3 is 6.18 Å². The molecule has 7 heteroatoms. The van der Waals surface area contributed by atoms with Gasteiger partial charge in [0.25, 0.3) is 5.56 Å². The molecule has 19 heavy (non-hydrogen) atoms. The first-order valence-electron chi connectivity index (χ1n) is 5.35. The van der Waals surface area contributed by atoms with Crippen LogP contribution in [0, 0.1) is 6.92 Å². The van der Waals surface area contributed by atoms with Gasteiger partial charge in [0.15, 0.2) is 0 Å². The van der Waals surface area contributed by atoms with Crippen LogP contribution in [0.4, 0.5) is 13.2 Å². The molecule has 0 N–H and O–H groups in total. The van der Waals surface area contributed by atoms with Crippen LogP contribution in [0.3, 0.4) is 0 Å². The lowest BCUT2D eigenvalue weighted by Gasteiger charge is -2.10. The van der Waals surface area contributed by atoms with Crippen LogP contribution in [0.2, 0.25) is 5.02 Å². The summed E-state index contributed by atoms with van der Waals surface area (Å²) < 4.78 is 40.1. The van der Waals surface area contributed by atoms with Crippen LogP contribution in [0.25, 0.3) is 5.69 Å². The fraction of sp³-hybridized carbons (Fsp3) is 0.250. The summed E-state index contributed by atoms with van der Waals surface area (Å²) in [5, 5.41) is 0.0578. The lowest BCUT2D eigenvalue weighted by Crippen LogP contribution is -2.19. The third-order valence-corrected chi connectivity index (χ3v) is 3.36. The number of rotatable bonds is 1. The maximum atomic E-state index is 12.5. The maximum Gasteiger partial charge on any atom is 0.416 e. The third kappa shape index (κ3) is 2.28. The summed E-state index contributed by atoms with van der Waals surface area (Å²) in [4.78, 5) is 11.9. The minimum Gasteiger partial charge on any atom is -0.284 e. The van der Waals surface area contributed by atoms with Crippen LogP contribution in [0.1, 0.15) is 11.3 Å². The van der Waals surface area contributed by atoms with Gasteiger partial charge in [-0.05, 0) is 31.2 Å². The summed E-state index contributed by atoms with van der Waals surface area (Å²) in [6.07, 6.45) is -4.40. The van der Waals surface area contributed by atoms with E-state index < -0.39 is 17.3 Å². The Labute approximate surface area is 111 Å². The first kappa shape index (κ1) is 13.7. The highest BCUT2D eigenvalue weighted by molar-refractivity contribution is 6.31.